The maximum atomic E-state index is 10.7. The van der Waals surface area contributed by atoms with Crippen LogP contribution in [0.3, 0.4) is 0 Å². The topological polar surface area (TPSA) is 102 Å². The summed E-state index contributed by atoms with van der Waals surface area (Å²) in [6, 6.07) is 4.51. The standard InChI is InChI=1S/C10H16N4O3/c1-2-17-4-3-12-8-5-9(13-11)7-10(6-8)14(15)16/h5-7,12-13H,2-4,11H2,1H3. The minimum atomic E-state index is -0.464. The van der Waals surface area contributed by atoms with Crippen molar-refractivity contribution < 1.29 is 9.66 Å². The lowest BCUT2D eigenvalue weighted by Crippen LogP contribution is -2.11. The molecule has 0 heterocycles. The lowest BCUT2D eigenvalue weighted by molar-refractivity contribution is -0.384. The number of hydrazine groups is 1. The molecule has 17 heavy (non-hydrogen) atoms. The van der Waals surface area contributed by atoms with Crippen molar-refractivity contribution in [3.8, 4) is 0 Å². The molecule has 0 fully saturated rings. The Bertz CT molecular complexity index is 384. The van der Waals surface area contributed by atoms with Crippen molar-refractivity contribution in [3.63, 3.8) is 0 Å². The number of nitrogen functional groups attached to an aromatic ring is 1. The van der Waals surface area contributed by atoms with E-state index in [4.69, 9.17) is 10.6 Å². The second kappa shape index (κ2) is 6.66. The van der Waals surface area contributed by atoms with Crippen LogP contribution in [0.1, 0.15) is 6.92 Å². The number of anilines is 2. The average Bonchev–Trinajstić information content (AvgIpc) is 2.34. The van der Waals surface area contributed by atoms with E-state index in [-0.39, 0.29) is 5.69 Å². The van der Waals surface area contributed by atoms with E-state index in [1.54, 1.807) is 6.07 Å². The molecule has 0 aromatic heterocycles. The maximum Gasteiger partial charge on any atom is 0.273 e. The van der Waals surface area contributed by atoms with Gasteiger partial charge in [0.1, 0.15) is 0 Å². The van der Waals surface area contributed by atoms with Gasteiger partial charge in [-0.2, -0.15) is 0 Å². The van der Waals surface area contributed by atoms with Gasteiger partial charge in [0.15, 0.2) is 0 Å². The van der Waals surface area contributed by atoms with Gasteiger partial charge in [0, 0.05) is 31.0 Å². The van der Waals surface area contributed by atoms with E-state index >= 15 is 0 Å². The normalized spacial score (nSPS) is 10.0. The molecule has 4 N–H and O–H groups in total. The third-order valence-corrected chi connectivity index (χ3v) is 2.07. The van der Waals surface area contributed by atoms with E-state index in [0.29, 0.717) is 31.1 Å². The highest BCUT2D eigenvalue weighted by Gasteiger charge is 2.08. The van der Waals surface area contributed by atoms with Crippen LogP contribution in [0.15, 0.2) is 18.2 Å². The van der Waals surface area contributed by atoms with Crippen LogP contribution in [0.25, 0.3) is 0 Å². The van der Waals surface area contributed by atoms with E-state index in [0.717, 1.165) is 0 Å². The summed E-state index contributed by atoms with van der Waals surface area (Å²) in [7, 11) is 0. The highest BCUT2D eigenvalue weighted by atomic mass is 16.6. The molecule has 0 amide bonds. The lowest BCUT2D eigenvalue weighted by atomic mass is 10.2. The number of nitrogens with one attached hydrogen (secondary N) is 2. The molecule has 0 bridgehead atoms. The number of non-ortho nitro benzene ring substituents is 1. The zero-order valence-corrected chi connectivity index (χ0v) is 9.60. The van der Waals surface area contributed by atoms with Gasteiger partial charge >= 0.3 is 0 Å². The Hall–Kier alpha value is -1.86. The van der Waals surface area contributed by atoms with Crippen molar-refractivity contribution in [2.75, 3.05) is 30.5 Å². The van der Waals surface area contributed by atoms with E-state index < -0.39 is 4.92 Å². The number of hydrogen-bond acceptors (Lipinski definition) is 6. The summed E-state index contributed by atoms with van der Waals surface area (Å²) in [5.74, 6) is 5.24. The second-order valence-corrected chi connectivity index (χ2v) is 3.29. The summed E-state index contributed by atoms with van der Waals surface area (Å²) in [5.41, 5.74) is 3.49. The van der Waals surface area contributed by atoms with Crippen molar-refractivity contribution in [3.05, 3.63) is 28.3 Å². The molecule has 0 unspecified atom stereocenters. The van der Waals surface area contributed by atoms with Crippen LogP contribution >= 0.6 is 0 Å². The van der Waals surface area contributed by atoms with E-state index in [1.807, 2.05) is 6.92 Å². The van der Waals surface area contributed by atoms with Gasteiger partial charge in [0.25, 0.3) is 5.69 Å². The number of nitro groups is 1. The predicted molar refractivity (Wildman–Crippen MR) is 65.9 cm³/mol. The Labute approximate surface area is 99.1 Å². The Morgan fingerprint density at radius 2 is 2.12 bits per heavy atom. The quantitative estimate of drug-likeness (QED) is 0.287. The summed E-state index contributed by atoms with van der Waals surface area (Å²) in [6.45, 7) is 3.68. The summed E-state index contributed by atoms with van der Waals surface area (Å²) in [6.07, 6.45) is 0. The number of benzene rings is 1. The van der Waals surface area contributed by atoms with Crippen LogP contribution in [-0.2, 0) is 4.74 Å². The third kappa shape index (κ3) is 4.25. The van der Waals surface area contributed by atoms with Crippen LogP contribution in [0.2, 0.25) is 0 Å². The summed E-state index contributed by atoms with van der Waals surface area (Å²) in [5, 5.41) is 13.7. The molecule has 1 rings (SSSR count). The van der Waals surface area contributed by atoms with Crippen molar-refractivity contribution in [2.24, 2.45) is 5.84 Å². The molecule has 94 valence electrons. The number of hydrogen-bond donors (Lipinski definition) is 3. The van der Waals surface area contributed by atoms with Gasteiger partial charge in [-0.25, -0.2) is 0 Å². The van der Waals surface area contributed by atoms with Crippen molar-refractivity contribution in [1.29, 1.82) is 0 Å². The smallest absolute Gasteiger partial charge is 0.273 e. The molecule has 0 saturated carbocycles. The molecule has 0 aliphatic heterocycles. The third-order valence-electron chi connectivity index (χ3n) is 2.07. The summed E-state index contributed by atoms with van der Waals surface area (Å²) < 4.78 is 5.15. The molecule has 0 saturated heterocycles. The minimum Gasteiger partial charge on any atom is -0.382 e. The number of ether oxygens (including phenoxy) is 1. The van der Waals surface area contributed by atoms with Crippen LogP contribution in [0.5, 0.6) is 0 Å². The zero-order chi connectivity index (χ0) is 12.7. The molecule has 1 aromatic rings. The minimum absolute atomic E-state index is 0.0145. The monoisotopic (exact) mass is 240 g/mol. The second-order valence-electron chi connectivity index (χ2n) is 3.29. The van der Waals surface area contributed by atoms with Gasteiger partial charge < -0.3 is 15.5 Å². The Kier molecular flexibility index (Phi) is 5.18. The lowest BCUT2D eigenvalue weighted by Gasteiger charge is -2.08. The van der Waals surface area contributed by atoms with Crippen LogP contribution < -0.4 is 16.6 Å². The molecule has 0 atom stereocenters. The average molecular weight is 240 g/mol. The fourth-order valence-corrected chi connectivity index (χ4v) is 1.31. The van der Waals surface area contributed by atoms with Gasteiger partial charge in [0.2, 0.25) is 0 Å². The zero-order valence-electron chi connectivity index (χ0n) is 9.60. The van der Waals surface area contributed by atoms with E-state index in [1.165, 1.54) is 12.1 Å². The fraction of sp³-hybridized carbons (Fsp3) is 0.400. The Morgan fingerprint density at radius 1 is 1.41 bits per heavy atom. The Morgan fingerprint density at radius 3 is 2.71 bits per heavy atom. The number of nitrogens with zero attached hydrogens (tertiary/aromatic N) is 1. The first-order valence-corrected chi connectivity index (χ1v) is 5.25. The number of nitrogens with two attached hydrogens (primary N) is 1. The van der Waals surface area contributed by atoms with Crippen LogP contribution in [0.4, 0.5) is 17.1 Å². The maximum absolute atomic E-state index is 10.7. The van der Waals surface area contributed by atoms with Crippen molar-refractivity contribution in [2.45, 2.75) is 6.92 Å². The van der Waals surface area contributed by atoms with Crippen LogP contribution in [0, 0.1) is 10.1 Å². The molecule has 7 nitrogen and oxygen atoms in total. The summed E-state index contributed by atoms with van der Waals surface area (Å²) in [4.78, 5) is 10.2. The molecular formula is C10H16N4O3. The highest BCUT2D eigenvalue weighted by molar-refractivity contribution is 5.63. The number of nitro benzene ring substituents is 1. The first kappa shape index (κ1) is 13.2. The van der Waals surface area contributed by atoms with Gasteiger partial charge in [-0.05, 0) is 13.0 Å². The summed E-state index contributed by atoms with van der Waals surface area (Å²) >= 11 is 0. The molecule has 0 spiro atoms. The molecule has 7 heteroatoms. The fourth-order valence-electron chi connectivity index (χ4n) is 1.31. The predicted octanol–water partition coefficient (Wildman–Crippen LogP) is 1.33. The molecular weight excluding hydrogens is 224 g/mol. The van der Waals surface area contributed by atoms with E-state index in [9.17, 15) is 10.1 Å². The van der Waals surface area contributed by atoms with E-state index in [2.05, 4.69) is 10.7 Å². The molecule has 0 radical (unpaired) electrons. The van der Waals surface area contributed by atoms with Gasteiger partial charge in [-0.1, -0.05) is 0 Å². The highest BCUT2D eigenvalue weighted by Crippen LogP contribution is 2.23. The first-order valence-electron chi connectivity index (χ1n) is 5.25. The Balaban J connectivity index is 2.70. The molecule has 1 aromatic carbocycles. The van der Waals surface area contributed by atoms with Crippen molar-refractivity contribution >= 4 is 17.1 Å². The first-order chi connectivity index (χ1) is 8.17. The SMILES string of the molecule is CCOCCNc1cc(NN)cc([N+](=O)[O-])c1. The molecule has 0 aliphatic rings. The number of rotatable bonds is 7. The van der Waals surface area contributed by atoms with Gasteiger partial charge in [0.05, 0.1) is 17.2 Å². The largest absolute Gasteiger partial charge is 0.382 e. The van der Waals surface area contributed by atoms with Gasteiger partial charge in [-0.15, -0.1) is 0 Å². The van der Waals surface area contributed by atoms with Gasteiger partial charge in [-0.3, -0.25) is 16.0 Å². The van der Waals surface area contributed by atoms with Crippen molar-refractivity contribution in [1.82, 2.24) is 0 Å². The van der Waals surface area contributed by atoms with Crippen LogP contribution in [-0.4, -0.2) is 24.7 Å². The molecule has 0 aliphatic carbocycles.